The lowest BCUT2D eigenvalue weighted by Gasteiger charge is -2.26. The van der Waals surface area contributed by atoms with Crippen molar-refractivity contribution in [3.05, 3.63) is 65.0 Å². The number of hydrogen-bond acceptors (Lipinski definition) is 4. The minimum atomic E-state index is -0.351. The number of imidazole rings is 1. The normalized spacial score (nSPS) is 12.8. The van der Waals surface area contributed by atoms with E-state index in [0.717, 1.165) is 11.3 Å². The van der Waals surface area contributed by atoms with Crippen molar-refractivity contribution in [2.75, 3.05) is 7.05 Å². The van der Waals surface area contributed by atoms with E-state index in [1.807, 2.05) is 62.2 Å². The summed E-state index contributed by atoms with van der Waals surface area (Å²) in [5, 5.41) is 2.73. The van der Waals surface area contributed by atoms with Gasteiger partial charge in [-0.1, -0.05) is 51.1 Å². The molecule has 2 rings (SSSR count). The monoisotopic (exact) mass is 394 g/mol. The van der Waals surface area contributed by atoms with Gasteiger partial charge in [0.1, 0.15) is 5.70 Å². The van der Waals surface area contributed by atoms with Gasteiger partial charge in [0.15, 0.2) is 6.29 Å². The molecule has 0 spiro atoms. The number of hydrogen-bond donors (Lipinski definition) is 2. The highest BCUT2D eigenvalue weighted by Crippen LogP contribution is 2.24. The Bertz CT molecular complexity index is 902. The van der Waals surface area contributed by atoms with Crippen molar-refractivity contribution in [2.24, 2.45) is 0 Å². The third kappa shape index (κ3) is 5.91. The van der Waals surface area contributed by atoms with E-state index in [1.54, 1.807) is 12.4 Å². The van der Waals surface area contributed by atoms with Gasteiger partial charge in [-0.2, -0.15) is 0 Å². The van der Waals surface area contributed by atoms with Gasteiger partial charge in [-0.15, -0.1) is 0 Å². The Kier molecular flexibility index (Phi) is 7.15. The van der Waals surface area contributed by atoms with Crippen LogP contribution in [-0.4, -0.2) is 40.2 Å². The lowest BCUT2D eigenvalue weighted by molar-refractivity contribution is -0.119. The summed E-state index contributed by atoms with van der Waals surface area (Å²) in [6.07, 6.45) is 5.63. The number of likely N-dealkylation sites (N-methyl/N-ethyl adjacent to an activating group) is 1. The second-order valence-corrected chi connectivity index (χ2v) is 8.23. The van der Waals surface area contributed by atoms with Gasteiger partial charge in [-0.3, -0.25) is 9.59 Å². The zero-order chi connectivity index (χ0) is 21.6. The first-order valence-corrected chi connectivity index (χ1v) is 9.65. The summed E-state index contributed by atoms with van der Waals surface area (Å²) < 4.78 is 0. The van der Waals surface area contributed by atoms with Crippen molar-refractivity contribution in [2.45, 2.75) is 46.1 Å². The van der Waals surface area contributed by atoms with Gasteiger partial charge in [0.25, 0.3) is 5.91 Å². The number of aromatic nitrogens is 2. The molecule has 0 saturated carbocycles. The Morgan fingerprint density at radius 3 is 2.38 bits per heavy atom. The molecule has 0 atom stereocenters. The number of aromatic amines is 1. The molecule has 154 valence electrons. The zero-order valence-corrected chi connectivity index (χ0v) is 18.0. The molecule has 2 N–H and O–H groups in total. The van der Waals surface area contributed by atoms with Crippen LogP contribution in [0, 0.1) is 0 Å². The van der Waals surface area contributed by atoms with E-state index in [0.29, 0.717) is 17.7 Å². The number of aldehydes is 1. The highest BCUT2D eigenvalue weighted by atomic mass is 16.2. The van der Waals surface area contributed by atoms with Crippen molar-refractivity contribution in [3.8, 4) is 0 Å². The van der Waals surface area contributed by atoms with E-state index in [9.17, 15) is 9.59 Å². The van der Waals surface area contributed by atoms with E-state index < -0.39 is 0 Å². The van der Waals surface area contributed by atoms with Crippen LogP contribution in [0.1, 0.15) is 51.6 Å². The number of nitrogens with one attached hydrogen (secondary N) is 2. The maximum Gasteiger partial charge on any atom is 0.272 e. The topological polar surface area (TPSA) is 78.1 Å². The molecule has 1 heterocycles. The summed E-state index contributed by atoms with van der Waals surface area (Å²) in [5.74, 6) is -0.351. The number of carbonyl (C=O) groups excluding carboxylic acids is 2. The standard InChI is InChI=1S/C23H30N4O2/c1-16(2)27(6)20(12-17-10-8-7-9-11-17)22(29)26-18(14-28)13-19-21(23(3,4)5)25-15-24-19/h7-16H,1-6H3,(H,24,25)(H,26,29)/b18-13-,20-12-. The molecular formula is C23H30N4O2. The number of amides is 1. The second-order valence-electron chi connectivity index (χ2n) is 8.23. The third-order valence-electron chi connectivity index (χ3n) is 4.59. The lowest BCUT2D eigenvalue weighted by Crippen LogP contribution is -2.36. The molecule has 0 aliphatic rings. The molecule has 0 radical (unpaired) electrons. The predicted octanol–water partition coefficient (Wildman–Crippen LogP) is 3.74. The number of allylic oxidation sites excluding steroid dienone is 1. The largest absolute Gasteiger partial charge is 0.368 e. The molecule has 0 unspecified atom stereocenters. The van der Waals surface area contributed by atoms with Crippen LogP contribution < -0.4 is 5.32 Å². The second kappa shape index (κ2) is 9.37. The van der Waals surface area contributed by atoms with Crippen LogP contribution in [0.5, 0.6) is 0 Å². The molecule has 1 amide bonds. The number of benzene rings is 1. The van der Waals surface area contributed by atoms with E-state index in [1.165, 1.54) is 0 Å². The van der Waals surface area contributed by atoms with E-state index in [4.69, 9.17) is 0 Å². The average molecular weight is 395 g/mol. The molecule has 0 aliphatic carbocycles. The molecule has 0 aliphatic heterocycles. The fraction of sp³-hybridized carbons (Fsp3) is 0.348. The molecule has 6 nitrogen and oxygen atoms in total. The average Bonchev–Trinajstić information content (AvgIpc) is 3.14. The molecular weight excluding hydrogens is 364 g/mol. The Hall–Kier alpha value is -3.15. The first-order chi connectivity index (χ1) is 13.6. The van der Waals surface area contributed by atoms with Gasteiger partial charge in [0.05, 0.1) is 17.7 Å². The van der Waals surface area contributed by atoms with Crippen molar-refractivity contribution < 1.29 is 9.59 Å². The highest BCUT2D eigenvalue weighted by molar-refractivity contribution is 6.01. The fourth-order valence-corrected chi connectivity index (χ4v) is 2.77. The Morgan fingerprint density at radius 2 is 1.83 bits per heavy atom. The van der Waals surface area contributed by atoms with Gasteiger partial charge in [-0.25, -0.2) is 4.98 Å². The van der Waals surface area contributed by atoms with Gasteiger partial charge in [-0.05, 0) is 31.6 Å². The van der Waals surface area contributed by atoms with E-state index in [2.05, 4.69) is 36.1 Å². The minimum Gasteiger partial charge on any atom is -0.368 e. The fourth-order valence-electron chi connectivity index (χ4n) is 2.77. The number of rotatable bonds is 7. The van der Waals surface area contributed by atoms with Crippen molar-refractivity contribution in [1.29, 1.82) is 0 Å². The molecule has 1 aromatic carbocycles. The van der Waals surface area contributed by atoms with Crippen LogP contribution in [0.15, 0.2) is 48.1 Å². The molecule has 0 saturated heterocycles. The molecule has 1 aromatic heterocycles. The van der Waals surface area contributed by atoms with Crippen LogP contribution >= 0.6 is 0 Å². The van der Waals surface area contributed by atoms with Crippen LogP contribution in [0.2, 0.25) is 0 Å². The van der Waals surface area contributed by atoms with E-state index in [-0.39, 0.29) is 23.1 Å². The Balaban J connectivity index is 2.35. The maximum atomic E-state index is 13.0. The SMILES string of the molecule is CC(C)N(C)/C(=C\c1ccccc1)C(=O)N/C(C=O)=C\c1nc[nH]c1C(C)(C)C. The summed E-state index contributed by atoms with van der Waals surface area (Å²) in [4.78, 5) is 34.0. The predicted molar refractivity (Wildman–Crippen MR) is 117 cm³/mol. The number of nitrogens with zero attached hydrogens (tertiary/aromatic N) is 2. The zero-order valence-electron chi connectivity index (χ0n) is 18.0. The first-order valence-electron chi connectivity index (χ1n) is 9.65. The number of H-pyrrole nitrogens is 1. The summed E-state index contributed by atoms with van der Waals surface area (Å²) in [5.41, 5.74) is 2.89. The summed E-state index contributed by atoms with van der Waals surface area (Å²) in [6.45, 7) is 10.2. The van der Waals surface area contributed by atoms with Crippen LogP contribution in [0.3, 0.4) is 0 Å². The molecule has 29 heavy (non-hydrogen) atoms. The molecule has 6 heteroatoms. The van der Waals surface area contributed by atoms with Crippen molar-refractivity contribution in [1.82, 2.24) is 20.2 Å². The number of carbonyl (C=O) groups is 2. The van der Waals surface area contributed by atoms with Crippen LogP contribution in [0.4, 0.5) is 0 Å². The van der Waals surface area contributed by atoms with E-state index >= 15 is 0 Å². The van der Waals surface area contributed by atoms with Crippen LogP contribution in [-0.2, 0) is 15.0 Å². The maximum absolute atomic E-state index is 13.0. The van der Waals surface area contributed by atoms with Gasteiger partial charge < -0.3 is 15.2 Å². The Labute approximate surface area is 172 Å². The third-order valence-corrected chi connectivity index (χ3v) is 4.59. The van der Waals surface area contributed by atoms with Crippen LogP contribution in [0.25, 0.3) is 12.2 Å². The van der Waals surface area contributed by atoms with Crippen molar-refractivity contribution in [3.63, 3.8) is 0 Å². The molecule has 0 bridgehead atoms. The Morgan fingerprint density at radius 1 is 1.17 bits per heavy atom. The van der Waals surface area contributed by atoms with Crippen molar-refractivity contribution >= 4 is 24.3 Å². The summed E-state index contributed by atoms with van der Waals surface area (Å²) in [7, 11) is 1.86. The van der Waals surface area contributed by atoms with Gasteiger partial charge >= 0.3 is 0 Å². The summed E-state index contributed by atoms with van der Waals surface area (Å²) in [6, 6.07) is 9.72. The first kappa shape index (κ1) is 22.1. The highest BCUT2D eigenvalue weighted by Gasteiger charge is 2.21. The van der Waals surface area contributed by atoms with Gasteiger partial charge in [0, 0.05) is 24.2 Å². The quantitative estimate of drug-likeness (QED) is 0.554. The van der Waals surface area contributed by atoms with Gasteiger partial charge in [0.2, 0.25) is 0 Å². The smallest absolute Gasteiger partial charge is 0.272 e. The minimum absolute atomic E-state index is 0.109. The molecule has 0 fully saturated rings. The summed E-state index contributed by atoms with van der Waals surface area (Å²) >= 11 is 0. The molecule has 2 aromatic rings. The lowest BCUT2D eigenvalue weighted by atomic mass is 9.90.